The molecule has 0 unspecified atom stereocenters. The second-order valence-electron chi connectivity index (χ2n) is 6.03. The zero-order chi connectivity index (χ0) is 19.4. The highest BCUT2D eigenvalue weighted by atomic mass is 16.5. The average Bonchev–Trinajstić information content (AvgIpc) is 3.12. The first kappa shape index (κ1) is 18.6. The molecule has 0 bridgehead atoms. The third-order valence-electron chi connectivity index (χ3n) is 4.45. The van der Waals surface area contributed by atoms with Crippen molar-refractivity contribution >= 4 is 23.2 Å². The van der Waals surface area contributed by atoms with Gasteiger partial charge in [-0.1, -0.05) is 6.07 Å². The maximum Gasteiger partial charge on any atom is 0.259 e. The molecule has 0 spiro atoms. The summed E-state index contributed by atoms with van der Waals surface area (Å²) in [6.45, 7) is 0.669. The van der Waals surface area contributed by atoms with Crippen molar-refractivity contribution in [1.29, 1.82) is 0 Å². The van der Waals surface area contributed by atoms with E-state index < -0.39 is 0 Å². The first-order valence-electron chi connectivity index (χ1n) is 8.59. The molecule has 1 saturated heterocycles. The summed E-state index contributed by atoms with van der Waals surface area (Å²) in [7, 11) is 4.54. The van der Waals surface area contributed by atoms with E-state index in [0.29, 0.717) is 47.2 Å². The van der Waals surface area contributed by atoms with Crippen molar-refractivity contribution in [2.75, 3.05) is 38.1 Å². The molecule has 0 atom stereocenters. The minimum absolute atomic E-state index is 0.0752. The van der Waals surface area contributed by atoms with Crippen LogP contribution in [-0.2, 0) is 4.79 Å². The van der Waals surface area contributed by atoms with Gasteiger partial charge < -0.3 is 24.4 Å². The predicted molar refractivity (Wildman–Crippen MR) is 102 cm³/mol. The number of rotatable bonds is 6. The Hall–Kier alpha value is -3.22. The summed E-state index contributed by atoms with van der Waals surface area (Å²) in [5, 5.41) is 2.83. The quantitative estimate of drug-likeness (QED) is 0.846. The number of hydrogen-bond donors (Lipinski definition) is 1. The van der Waals surface area contributed by atoms with E-state index in [1.165, 1.54) is 21.3 Å². The number of amides is 2. The summed E-state index contributed by atoms with van der Waals surface area (Å²) >= 11 is 0. The zero-order valence-corrected chi connectivity index (χ0v) is 15.6. The molecule has 7 nitrogen and oxygen atoms in total. The molecule has 1 heterocycles. The highest BCUT2D eigenvalue weighted by molar-refractivity contribution is 6.07. The molecule has 27 heavy (non-hydrogen) atoms. The Kier molecular flexibility index (Phi) is 5.49. The van der Waals surface area contributed by atoms with Crippen molar-refractivity contribution in [3.8, 4) is 17.2 Å². The molecular formula is C20H22N2O5. The summed E-state index contributed by atoms with van der Waals surface area (Å²) in [5.41, 5.74) is 1.61. The van der Waals surface area contributed by atoms with Gasteiger partial charge in [-0.2, -0.15) is 0 Å². The first-order valence-corrected chi connectivity index (χ1v) is 8.59. The van der Waals surface area contributed by atoms with Gasteiger partial charge >= 0.3 is 0 Å². The molecule has 2 aromatic carbocycles. The molecule has 0 aliphatic carbocycles. The van der Waals surface area contributed by atoms with E-state index in [2.05, 4.69) is 5.32 Å². The van der Waals surface area contributed by atoms with E-state index in [0.717, 1.165) is 6.42 Å². The molecule has 7 heteroatoms. The van der Waals surface area contributed by atoms with Crippen LogP contribution in [0, 0.1) is 0 Å². The summed E-state index contributed by atoms with van der Waals surface area (Å²) in [6, 6.07) is 10.3. The first-order chi connectivity index (χ1) is 13.1. The van der Waals surface area contributed by atoms with Gasteiger partial charge in [0.25, 0.3) is 5.91 Å². The number of methoxy groups -OCH3 is 3. The maximum atomic E-state index is 12.7. The Morgan fingerprint density at radius 1 is 1.04 bits per heavy atom. The van der Waals surface area contributed by atoms with Crippen LogP contribution in [0.5, 0.6) is 17.2 Å². The monoisotopic (exact) mass is 370 g/mol. The van der Waals surface area contributed by atoms with Crippen LogP contribution < -0.4 is 24.4 Å². The molecule has 1 N–H and O–H groups in total. The smallest absolute Gasteiger partial charge is 0.259 e. The van der Waals surface area contributed by atoms with Crippen LogP contribution in [0.15, 0.2) is 36.4 Å². The van der Waals surface area contributed by atoms with Crippen LogP contribution in [0.4, 0.5) is 11.4 Å². The Bertz CT molecular complexity index is 865. The summed E-state index contributed by atoms with van der Waals surface area (Å²) in [5.74, 6) is 1.11. The Balaban J connectivity index is 1.86. The van der Waals surface area contributed by atoms with Crippen molar-refractivity contribution in [2.24, 2.45) is 0 Å². The fraction of sp³-hybridized carbons (Fsp3) is 0.300. The normalized spacial score (nSPS) is 13.4. The van der Waals surface area contributed by atoms with Gasteiger partial charge in [-0.05, 0) is 30.7 Å². The van der Waals surface area contributed by atoms with Gasteiger partial charge in [0.05, 0.1) is 32.6 Å². The lowest BCUT2D eigenvalue weighted by Gasteiger charge is -2.20. The second-order valence-corrected chi connectivity index (χ2v) is 6.03. The van der Waals surface area contributed by atoms with Crippen molar-refractivity contribution in [3.05, 3.63) is 42.0 Å². The Morgan fingerprint density at radius 3 is 2.44 bits per heavy atom. The number of nitrogens with zero attached hydrogens (tertiary/aromatic N) is 1. The maximum absolute atomic E-state index is 12.7. The number of nitrogens with one attached hydrogen (secondary N) is 1. The number of ether oxygens (including phenoxy) is 3. The van der Waals surface area contributed by atoms with E-state index in [-0.39, 0.29) is 11.8 Å². The number of carbonyl (C=O) groups excluding carboxylic acids is 2. The third kappa shape index (κ3) is 3.67. The molecule has 3 rings (SSSR count). The van der Waals surface area contributed by atoms with Crippen LogP contribution in [0.2, 0.25) is 0 Å². The average molecular weight is 370 g/mol. The van der Waals surface area contributed by atoms with Crippen molar-refractivity contribution < 1.29 is 23.8 Å². The standard InChI is InChI=1S/C20H22N2O5/c1-25-16-7-4-6-14(19(16)27-3)20(24)21-13-9-10-15(17(12-13)26-2)22-11-5-8-18(22)23/h4,6-7,9-10,12H,5,8,11H2,1-3H3,(H,21,24). The van der Waals surface area contributed by atoms with E-state index in [4.69, 9.17) is 14.2 Å². The van der Waals surface area contributed by atoms with Crippen molar-refractivity contribution in [1.82, 2.24) is 0 Å². The van der Waals surface area contributed by atoms with Gasteiger partial charge in [0, 0.05) is 24.7 Å². The highest BCUT2D eigenvalue weighted by Gasteiger charge is 2.25. The number of para-hydroxylation sites is 1. The molecule has 2 aromatic rings. The van der Waals surface area contributed by atoms with Gasteiger partial charge in [-0.3, -0.25) is 9.59 Å². The van der Waals surface area contributed by atoms with Gasteiger partial charge in [0.2, 0.25) is 5.91 Å². The lowest BCUT2D eigenvalue weighted by atomic mass is 10.1. The van der Waals surface area contributed by atoms with Crippen LogP contribution in [-0.4, -0.2) is 39.7 Å². The number of benzene rings is 2. The number of carbonyl (C=O) groups is 2. The van der Waals surface area contributed by atoms with E-state index in [1.807, 2.05) is 0 Å². The fourth-order valence-electron chi connectivity index (χ4n) is 3.15. The fourth-order valence-corrected chi connectivity index (χ4v) is 3.15. The predicted octanol–water partition coefficient (Wildman–Crippen LogP) is 3.09. The summed E-state index contributed by atoms with van der Waals surface area (Å²) in [4.78, 5) is 26.4. The largest absolute Gasteiger partial charge is 0.494 e. The summed E-state index contributed by atoms with van der Waals surface area (Å²) in [6.07, 6.45) is 1.37. The molecule has 0 radical (unpaired) electrons. The zero-order valence-electron chi connectivity index (χ0n) is 15.6. The molecule has 2 amide bonds. The van der Waals surface area contributed by atoms with E-state index in [9.17, 15) is 9.59 Å². The van der Waals surface area contributed by atoms with Gasteiger partial charge in [-0.15, -0.1) is 0 Å². The topological polar surface area (TPSA) is 77.1 Å². The van der Waals surface area contributed by atoms with Crippen LogP contribution in [0.1, 0.15) is 23.2 Å². The van der Waals surface area contributed by atoms with Crippen LogP contribution in [0.3, 0.4) is 0 Å². The SMILES string of the molecule is COc1cc(NC(=O)c2cccc(OC)c2OC)ccc1N1CCCC1=O. The van der Waals surface area contributed by atoms with E-state index >= 15 is 0 Å². The Labute approximate surface area is 157 Å². The van der Waals surface area contributed by atoms with Crippen LogP contribution >= 0.6 is 0 Å². The van der Waals surface area contributed by atoms with Crippen LogP contribution in [0.25, 0.3) is 0 Å². The highest BCUT2D eigenvalue weighted by Crippen LogP contribution is 2.35. The molecule has 1 aliphatic heterocycles. The lowest BCUT2D eigenvalue weighted by molar-refractivity contribution is -0.117. The van der Waals surface area contributed by atoms with E-state index in [1.54, 1.807) is 41.3 Å². The van der Waals surface area contributed by atoms with Gasteiger partial charge in [-0.25, -0.2) is 0 Å². The molecule has 0 saturated carbocycles. The number of hydrogen-bond acceptors (Lipinski definition) is 5. The molecule has 1 fully saturated rings. The molecule has 142 valence electrons. The lowest BCUT2D eigenvalue weighted by Crippen LogP contribution is -2.24. The van der Waals surface area contributed by atoms with Crippen molar-refractivity contribution in [2.45, 2.75) is 12.8 Å². The molecule has 0 aromatic heterocycles. The van der Waals surface area contributed by atoms with Gasteiger partial charge in [0.1, 0.15) is 5.75 Å². The second kappa shape index (κ2) is 7.99. The Morgan fingerprint density at radius 2 is 1.81 bits per heavy atom. The summed E-state index contributed by atoms with van der Waals surface area (Å²) < 4.78 is 16.0. The minimum atomic E-state index is -0.335. The number of anilines is 2. The molecular weight excluding hydrogens is 348 g/mol. The van der Waals surface area contributed by atoms with Gasteiger partial charge in [0.15, 0.2) is 11.5 Å². The van der Waals surface area contributed by atoms with Crippen molar-refractivity contribution in [3.63, 3.8) is 0 Å². The molecule has 1 aliphatic rings. The third-order valence-corrected chi connectivity index (χ3v) is 4.45. The minimum Gasteiger partial charge on any atom is -0.494 e.